The maximum absolute atomic E-state index is 13.2. The molecular weight excluding hydrogens is 391 g/mol. The van der Waals surface area contributed by atoms with Crippen molar-refractivity contribution in [3.05, 3.63) is 62.3 Å². The lowest BCUT2D eigenvalue weighted by Gasteiger charge is -2.08. The Hall–Kier alpha value is -1.20. The van der Waals surface area contributed by atoms with E-state index in [1.165, 1.54) is 12.1 Å². The van der Waals surface area contributed by atoms with Gasteiger partial charge in [0.2, 0.25) is 0 Å². The van der Waals surface area contributed by atoms with Gasteiger partial charge in [-0.2, -0.15) is 0 Å². The zero-order valence-electron chi connectivity index (χ0n) is 10.6. The third kappa shape index (κ3) is 3.46. The first-order valence-electron chi connectivity index (χ1n) is 5.82. The number of ketones is 1. The van der Waals surface area contributed by atoms with E-state index in [9.17, 15) is 9.18 Å². The molecule has 0 saturated carbocycles. The Balaban J connectivity index is 2.30. The van der Waals surface area contributed by atoms with Crippen molar-refractivity contribution in [1.82, 2.24) is 0 Å². The van der Waals surface area contributed by atoms with Crippen molar-refractivity contribution >= 4 is 37.6 Å². The van der Waals surface area contributed by atoms with Gasteiger partial charge in [0.25, 0.3) is 0 Å². The van der Waals surface area contributed by atoms with Gasteiger partial charge in [0.1, 0.15) is 11.6 Å². The lowest BCUT2D eigenvalue weighted by Crippen LogP contribution is -2.06. The largest absolute Gasteiger partial charge is 0.497 e. The lowest BCUT2D eigenvalue weighted by atomic mass is 10.0. The minimum Gasteiger partial charge on any atom is -0.497 e. The number of hydrogen-bond donors (Lipinski definition) is 0. The fraction of sp³-hybridized carbons (Fsp3) is 0.133. The van der Waals surface area contributed by atoms with E-state index in [0.717, 1.165) is 0 Å². The quantitative estimate of drug-likeness (QED) is 0.688. The predicted octanol–water partition coefficient (Wildman–Crippen LogP) is 4.78. The van der Waals surface area contributed by atoms with Gasteiger partial charge in [0.15, 0.2) is 5.78 Å². The van der Waals surface area contributed by atoms with Gasteiger partial charge in [0, 0.05) is 20.9 Å². The Bertz CT molecular complexity index is 656. The maximum Gasteiger partial charge on any atom is 0.168 e. The number of carbonyl (C=O) groups excluding carboxylic acids is 1. The molecule has 20 heavy (non-hydrogen) atoms. The van der Waals surface area contributed by atoms with E-state index in [1.807, 2.05) is 0 Å². The molecule has 5 heteroatoms. The molecule has 0 N–H and O–H groups in total. The van der Waals surface area contributed by atoms with Crippen molar-refractivity contribution in [2.24, 2.45) is 0 Å². The summed E-state index contributed by atoms with van der Waals surface area (Å²) >= 11 is 6.67. The van der Waals surface area contributed by atoms with E-state index in [0.29, 0.717) is 25.8 Å². The van der Waals surface area contributed by atoms with Crippen molar-refractivity contribution in [2.75, 3.05) is 7.11 Å². The van der Waals surface area contributed by atoms with E-state index in [-0.39, 0.29) is 18.0 Å². The van der Waals surface area contributed by atoms with E-state index >= 15 is 0 Å². The summed E-state index contributed by atoms with van der Waals surface area (Å²) in [4.78, 5) is 12.3. The van der Waals surface area contributed by atoms with E-state index in [1.54, 1.807) is 31.4 Å². The highest BCUT2D eigenvalue weighted by molar-refractivity contribution is 9.10. The van der Waals surface area contributed by atoms with Crippen LogP contribution in [0.25, 0.3) is 0 Å². The Kier molecular flexibility index (Phi) is 4.94. The average molecular weight is 402 g/mol. The number of ether oxygens (including phenoxy) is 1. The summed E-state index contributed by atoms with van der Waals surface area (Å²) in [6.45, 7) is 0. The molecule has 0 saturated heterocycles. The van der Waals surface area contributed by atoms with E-state index in [4.69, 9.17) is 4.74 Å². The first kappa shape index (κ1) is 15.2. The van der Waals surface area contributed by atoms with E-state index in [2.05, 4.69) is 31.9 Å². The first-order valence-corrected chi connectivity index (χ1v) is 7.40. The highest BCUT2D eigenvalue weighted by Crippen LogP contribution is 2.25. The van der Waals surface area contributed by atoms with Crippen LogP contribution >= 0.6 is 31.9 Å². The fourth-order valence-corrected chi connectivity index (χ4v) is 2.65. The first-order chi connectivity index (χ1) is 9.51. The van der Waals surface area contributed by atoms with Crippen LogP contribution in [0.2, 0.25) is 0 Å². The van der Waals surface area contributed by atoms with Gasteiger partial charge >= 0.3 is 0 Å². The van der Waals surface area contributed by atoms with Crippen LogP contribution in [-0.4, -0.2) is 12.9 Å². The second kappa shape index (κ2) is 6.50. The summed E-state index contributed by atoms with van der Waals surface area (Å²) in [7, 11) is 1.54. The number of rotatable bonds is 4. The molecule has 0 amide bonds. The average Bonchev–Trinajstić information content (AvgIpc) is 2.43. The van der Waals surface area contributed by atoms with Gasteiger partial charge in [-0.25, -0.2) is 4.39 Å². The molecule has 2 aromatic carbocycles. The molecule has 0 aromatic heterocycles. The number of Topliss-reactive ketones (excluding diaryl/α,β-unsaturated/α-hetero) is 1. The molecule has 2 nitrogen and oxygen atoms in total. The molecule has 2 rings (SSSR count). The summed E-state index contributed by atoms with van der Waals surface area (Å²) < 4.78 is 19.8. The molecule has 0 fully saturated rings. The van der Waals surface area contributed by atoms with Crippen LogP contribution in [0.15, 0.2) is 45.3 Å². The van der Waals surface area contributed by atoms with Crippen LogP contribution in [0.1, 0.15) is 15.9 Å². The van der Waals surface area contributed by atoms with Gasteiger partial charge < -0.3 is 4.74 Å². The Morgan fingerprint density at radius 3 is 2.55 bits per heavy atom. The maximum atomic E-state index is 13.2. The molecule has 0 aliphatic heterocycles. The highest BCUT2D eigenvalue weighted by atomic mass is 79.9. The second-order valence-corrected chi connectivity index (χ2v) is 5.89. The molecule has 0 atom stereocenters. The Morgan fingerprint density at radius 1 is 1.15 bits per heavy atom. The van der Waals surface area contributed by atoms with Crippen LogP contribution in [0.4, 0.5) is 4.39 Å². The van der Waals surface area contributed by atoms with Crippen LogP contribution in [0.5, 0.6) is 5.75 Å². The number of benzene rings is 2. The van der Waals surface area contributed by atoms with Gasteiger partial charge in [-0.15, -0.1) is 0 Å². The molecule has 0 radical (unpaired) electrons. The smallest absolute Gasteiger partial charge is 0.168 e. The Morgan fingerprint density at radius 2 is 1.85 bits per heavy atom. The fourth-order valence-electron chi connectivity index (χ4n) is 1.79. The minimum absolute atomic E-state index is 0.109. The summed E-state index contributed by atoms with van der Waals surface area (Å²) in [5.74, 6) is 0.137. The molecule has 104 valence electrons. The van der Waals surface area contributed by atoms with E-state index < -0.39 is 0 Å². The molecule has 2 aromatic rings. The van der Waals surface area contributed by atoms with Crippen molar-refractivity contribution in [3.8, 4) is 5.75 Å². The normalized spacial score (nSPS) is 10.4. The van der Waals surface area contributed by atoms with Gasteiger partial charge in [0.05, 0.1) is 7.11 Å². The lowest BCUT2D eigenvalue weighted by molar-refractivity contribution is 0.0991. The third-order valence-corrected chi connectivity index (χ3v) is 4.30. The standard InChI is InChI=1S/C15H11Br2FO2/c1-20-11-3-5-14(17)12(8-11)15(19)7-9-6-10(18)2-4-13(9)16/h2-6,8H,7H2,1H3. The Labute approximate surface area is 133 Å². The van der Waals surface area contributed by atoms with Gasteiger partial charge in [-0.05, 0) is 42.0 Å². The number of methoxy groups -OCH3 is 1. The second-order valence-electron chi connectivity index (χ2n) is 4.18. The number of hydrogen-bond acceptors (Lipinski definition) is 2. The van der Waals surface area contributed by atoms with Gasteiger partial charge in [-0.1, -0.05) is 31.9 Å². The topological polar surface area (TPSA) is 26.3 Å². The summed E-state index contributed by atoms with van der Waals surface area (Å²) in [5.41, 5.74) is 1.13. The molecular formula is C15H11Br2FO2. The van der Waals surface area contributed by atoms with Crippen molar-refractivity contribution in [1.29, 1.82) is 0 Å². The molecule has 0 aliphatic carbocycles. The van der Waals surface area contributed by atoms with Crippen molar-refractivity contribution in [3.63, 3.8) is 0 Å². The van der Waals surface area contributed by atoms with Crippen LogP contribution in [-0.2, 0) is 6.42 Å². The highest BCUT2D eigenvalue weighted by Gasteiger charge is 2.14. The van der Waals surface area contributed by atoms with Crippen LogP contribution in [0.3, 0.4) is 0 Å². The summed E-state index contributed by atoms with van der Waals surface area (Å²) in [5, 5.41) is 0. The monoisotopic (exact) mass is 400 g/mol. The number of carbonyl (C=O) groups is 1. The van der Waals surface area contributed by atoms with Crippen molar-refractivity contribution < 1.29 is 13.9 Å². The van der Waals surface area contributed by atoms with Crippen LogP contribution < -0.4 is 4.74 Å². The predicted molar refractivity (Wildman–Crippen MR) is 82.8 cm³/mol. The molecule has 0 heterocycles. The van der Waals surface area contributed by atoms with Crippen molar-refractivity contribution in [2.45, 2.75) is 6.42 Å². The zero-order chi connectivity index (χ0) is 14.7. The summed E-state index contributed by atoms with van der Waals surface area (Å²) in [6.07, 6.45) is 0.115. The third-order valence-electron chi connectivity index (χ3n) is 2.83. The molecule has 0 unspecified atom stereocenters. The van der Waals surface area contributed by atoms with Gasteiger partial charge in [-0.3, -0.25) is 4.79 Å². The molecule has 0 spiro atoms. The minimum atomic E-state index is -0.360. The van der Waals surface area contributed by atoms with Crippen LogP contribution in [0, 0.1) is 5.82 Å². The SMILES string of the molecule is COc1ccc(Br)c(C(=O)Cc2cc(F)ccc2Br)c1. The molecule has 0 aliphatic rings. The molecule has 0 bridgehead atoms. The zero-order valence-corrected chi connectivity index (χ0v) is 13.8. The number of halogens is 3. The summed E-state index contributed by atoms with van der Waals surface area (Å²) in [6, 6.07) is 9.49.